The Kier molecular flexibility index (Phi) is 6.39. The van der Waals surface area contributed by atoms with E-state index < -0.39 is 5.60 Å². The van der Waals surface area contributed by atoms with Gasteiger partial charge in [-0.05, 0) is 30.6 Å². The summed E-state index contributed by atoms with van der Waals surface area (Å²) in [6.07, 6.45) is 11.5. The van der Waals surface area contributed by atoms with Gasteiger partial charge in [-0.15, -0.1) is 0 Å². The summed E-state index contributed by atoms with van der Waals surface area (Å²) in [5.74, 6) is 0.204. The highest BCUT2D eigenvalue weighted by Crippen LogP contribution is 2.28. The molecule has 0 atom stereocenters. The second-order valence-corrected chi connectivity index (χ2v) is 5.55. The Hall–Kier alpha value is -1.89. The van der Waals surface area contributed by atoms with Gasteiger partial charge in [-0.3, -0.25) is 0 Å². The van der Waals surface area contributed by atoms with Crippen LogP contribution in [0.4, 0.5) is 0 Å². The van der Waals surface area contributed by atoms with Gasteiger partial charge in [-0.2, -0.15) is 5.26 Å². The number of aliphatic hydroxyl groups excluding tert-OH is 1. The van der Waals surface area contributed by atoms with Crippen LogP contribution in [0.3, 0.4) is 0 Å². The second-order valence-electron chi connectivity index (χ2n) is 5.55. The standard InChI is InChI=1S/C19H23NO2/c20-16-19(22-15-7-2-1-6-14-21)12-10-18(11-13-19)17-8-4-3-5-9-17/h3-5,8-13,18,21H,1-2,6-7,14-15H2. The predicted molar refractivity (Wildman–Crippen MR) is 87.3 cm³/mol. The number of nitrogens with zero attached hydrogens (tertiary/aromatic N) is 1. The third-order valence-electron chi connectivity index (χ3n) is 3.85. The topological polar surface area (TPSA) is 53.2 Å². The summed E-state index contributed by atoms with van der Waals surface area (Å²) < 4.78 is 5.79. The molecule has 0 radical (unpaired) electrons. The molecule has 0 heterocycles. The van der Waals surface area contributed by atoms with Crippen LogP contribution in [0.5, 0.6) is 0 Å². The summed E-state index contributed by atoms with van der Waals surface area (Å²) in [6, 6.07) is 12.5. The molecule has 1 N–H and O–H groups in total. The molecule has 0 bridgehead atoms. The Morgan fingerprint density at radius 1 is 1.05 bits per heavy atom. The van der Waals surface area contributed by atoms with Crippen LogP contribution in [-0.2, 0) is 4.74 Å². The SMILES string of the molecule is N#CC1(OCCCCCCO)C=CC(c2ccccc2)C=C1. The first-order valence-electron chi connectivity index (χ1n) is 7.89. The predicted octanol–water partition coefficient (Wildman–Crippen LogP) is 3.73. The molecule has 1 aromatic carbocycles. The van der Waals surface area contributed by atoms with E-state index in [-0.39, 0.29) is 12.5 Å². The molecular formula is C19H23NO2. The average molecular weight is 297 g/mol. The van der Waals surface area contributed by atoms with Crippen LogP contribution >= 0.6 is 0 Å². The molecule has 0 aliphatic heterocycles. The molecule has 1 aliphatic rings. The summed E-state index contributed by atoms with van der Waals surface area (Å²) >= 11 is 0. The minimum atomic E-state index is -0.928. The largest absolute Gasteiger partial charge is 0.396 e. The normalized spacial score (nSPS) is 23.4. The number of ether oxygens (including phenoxy) is 1. The first-order valence-corrected chi connectivity index (χ1v) is 7.89. The fourth-order valence-electron chi connectivity index (χ4n) is 2.52. The third-order valence-corrected chi connectivity index (χ3v) is 3.85. The average Bonchev–Trinajstić information content (AvgIpc) is 2.59. The van der Waals surface area contributed by atoms with E-state index in [1.807, 2.05) is 42.5 Å². The Morgan fingerprint density at radius 2 is 1.73 bits per heavy atom. The van der Waals surface area contributed by atoms with Crippen molar-refractivity contribution in [2.24, 2.45) is 0 Å². The van der Waals surface area contributed by atoms with E-state index in [1.165, 1.54) is 5.56 Å². The van der Waals surface area contributed by atoms with Gasteiger partial charge >= 0.3 is 0 Å². The monoisotopic (exact) mass is 297 g/mol. The zero-order valence-corrected chi connectivity index (χ0v) is 12.8. The van der Waals surface area contributed by atoms with Gasteiger partial charge in [0.2, 0.25) is 0 Å². The first-order chi connectivity index (χ1) is 10.8. The molecule has 3 heteroatoms. The van der Waals surface area contributed by atoms with Gasteiger partial charge in [0.1, 0.15) is 6.07 Å². The van der Waals surface area contributed by atoms with E-state index in [4.69, 9.17) is 9.84 Å². The number of hydrogen-bond donors (Lipinski definition) is 1. The van der Waals surface area contributed by atoms with Gasteiger partial charge in [0.15, 0.2) is 5.60 Å². The first kappa shape index (κ1) is 16.5. The number of aliphatic hydroxyl groups is 1. The quantitative estimate of drug-likeness (QED) is 0.587. The van der Waals surface area contributed by atoms with Crippen molar-refractivity contribution in [2.75, 3.05) is 13.2 Å². The fraction of sp³-hybridized carbons (Fsp3) is 0.421. The Morgan fingerprint density at radius 3 is 2.36 bits per heavy atom. The number of rotatable bonds is 8. The van der Waals surface area contributed by atoms with Crippen LogP contribution in [0.1, 0.15) is 37.2 Å². The molecule has 0 amide bonds. The van der Waals surface area contributed by atoms with E-state index in [2.05, 4.69) is 18.2 Å². The highest BCUT2D eigenvalue weighted by molar-refractivity contribution is 5.39. The Labute approximate surface area is 132 Å². The van der Waals surface area contributed by atoms with E-state index in [0.29, 0.717) is 6.61 Å². The molecule has 0 saturated carbocycles. The van der Waals surface area contributed by atoms with Crippen molar-refractivity contribution in [1.82, 2.24) is 0 Å². The summed E-state index contributed by atoms with van der Waals surface area (Å²) in [5, 5.41) is 18.2. The number of nitriles is 1. The van der Waals surface area contributed by atoms with Gasteiger partial charge in [-0.1, -0.05) is 55.3 Å². The maximum absolute atomic E-state index is 9.43. The summed E-state index contributed by atoms with van der Waals surface area (Å²) in [6.45, 7) is 0.805. The van der Waals surface area contributed by atoms with Crippen molar-refractivity contribution in [3.05, 3.63) is 60.2 Å². The van der Waals surface area contributed by atoms with Gasteiger partial charge < -0.3 is 9.84 Å². The highest BCUT2D eigenvalue weighted by atomic mass is 16.5. The van der Waals surface area contributed by atoms with Crippen molar-refractivity contribution in [1.29, 1.82) is 5.26 Å². The molecule has 0 unspecified atom stereocenters. The van der Waals surface area contributed by atoms with Crippen LogP contribution in [0.25, 0.3) is 0 Å². The maximum Gasteiger partial charge on any atom is 0.191 e. The number of unbranched alkanes of at least 4 members (excludes halogenated alkanes) is 3. The molecule has 0 spiro atoms. The van der Waals surface area contributed by atoms with Gasteiger partial charge in [-0.25, -0.2) is 0 Å². The van der Waals surface area contributed by atoms with E-state index in [0.717, 1.165) is 25.7 Å². The summed E-state index contributed by atoms with van der Waals surface area (Å²) in [5.41, 5.74) is 0.285. The maximum atomic E-state index is 9.43. The summed E-state index contributed by atoms with van der Waals surface area (Å²) in [4.78, 5) is 0. The molecule has 1 aromatic rings. The van der Waals surface area contributed by atoms with Gasteiger partial charge in [0.05, 0.1) is 0 Å². The van der Waals surface area contributed by atoms with E-state index in [9.17, 15) is 5.26 Å². The van der Waals surface area contributed by atoms with Crippen LogP contribution in [0.2, 0.25) is 0 Å². The molecule has 0 aromatic heterocycles. The number of hydrogen-bond acceptors (Lipinski definition) is 3. The lowest BCUT2D eigenvalue weighted by atomic mass is 9.89. The minimum absolute atomic E-state index is 0.204. The number of benzene rings is 1. The second kappa shape index (κ2) is 8.53. The van der Waals surface area contributed by atoms with Gasteiger partial charge in [0.25, 0.3) is 0 Å². The molecular weight excluding hydrogens is 274 g/mol. The van der Waals surface area contributed by atoms with Crippen LogP contribution in [0, 0.1) is 11.3 Å². The minimum Gasteiger partial charge on any atom is -0.396 e. The smallest absolute Gasteiger partial charge is 0.191 e. The fourth-order valence-corrected chi connectivity index (χ4v) is 2.52. The van der Waals surface area contributed by atoms with Crippen LogP contribution < -0.4 is 0 Å². The lowest BCUT2D eigenvalue weighted by Crippen LogP contribution is -2.28. The van der Waals surface area contributed by atoms with Crippen LogP contribution in [-0.4, -0.2) is 23.9 Å². The third kappa shape index (κ3) is 4.56. The van der Waals surface area contributed by atoms with Crippen molar-refractivity contribution < 1.29 is 9.84 Å². The van der Waals surface area contributed by atoms with Crippen LogP contribution in [0.15, 0.2) is 54.6 Å². The molecule has 116 valence electrons. The molecule has 0 fully saturated rings. The molecule has 1 aliphatic carbocycles. The molecule has 0 saturated heterocycles. The highest BCUT2D eigenvalue weighted by Gasteiger charge is 2.27. The number of allylic oxidation sites excluding steroid dienone is 2. The molecule has 22 heavy (non-hydrogen) atoms. The molecule has 3 nitrogen and oxygen atoms in total. The molecule has 2 rings (SSSR count). The van der Waals surface area contributed by atoms with Crippen molar-refractivity contribution in [3.63, 3.8) is 0 Å². The van der Waals surface area contributed by atoms with Gasteiger partial charge in [0, 0.05) is 19.1 Å². The lowest BCUT2D eigenvalue weighted by molar-refractivity contribution is 0.0627. The zero-order chi connectivity index (χ0) is 15.7. The van der Waals surface area contributed by atoms with E-state index in [1.54, 1.807) is 0 Å². The zero-order valence-electron chi connectivity index (χ0n) is 12.8. The van der Waals surface area contributed by atoms with Crippen molar-refractivity contribution in [3.8, 4) is 6.07 Å². The summed E-state index contributed by atoms with van der Waals surface area (Å²) in [7, 11) is 0. The van der Waals surface area contributed by atoms with Crippen molar-refractivity contribution in [2.45, 2.75) is 37.2 Å². The Balaban J connectivity index is 1.86. The lowest BCUT2D eigenvalue weighted by Gasteiger charge is -2.25. The van der Waals surface area contributed by atoms with Crippen molar-refractivity contribution >= 4 is 0 Å². The Bertz CT molecular complexity index is 528. The van der Waals surface area contributed by atoms with E-state index >= 15 is 0 Å².